The van der Waals surface area contributed by atoms with Gasteiger partial charge in [-0.15, -0.1) is 0 Å². The van der Waals surface area contributed by atoms with Gasteiger partial charge in [-0.05, 0) is 29.8 Å². The second-order valence-corrected chi connectivity index (χ2v) is 9.51. The first-order valence-electron chi connectivity index (χ1n) is 10.7. The fraction of sp³-hybridized carbons (Fsp3) is 0.115. The zero-order valence-electron chi connectivity index (χ0n) is 18.1. The van der Waals surface area contributed by atoms with E-state index >= 15 is 0 Å². The Morgan fingerprint density at radius 3 is 2.65 bits per heavy atom. The monoisotopic (exact) mass is 487 g/mol. The molecule has 0 spiro atoms. The van der Waals surface area contributed by atoms with Crippen molar-refractivity contribution in [3.63, 3.8) is 0 Å². The Morgan fingerprint density at radius 1 is 1.06 bits per heavy atom. The first-order valence-corrected chi connectivity index (χ1v) is 12.0. The van der Waals surface area contributed by atoms with E-state index in [0.29, 0.717) is 28.1 Å². The molecule has 2 amide bonds. The molecule has 3 heterocycles. The Kier molecular flexibility index (Phi) is 6.33. The van der Waals surface area contributed by atoms with E-state index in [4.69, 9.17) is 16.6 Å². The van der Waals surface area contributed by atoms with Crippen LogP contribution < -0.4 is 5.32 Å². The van der Waals surface area contributed by atoms with Crippen molar-refractivity contribution >= 4 is 57.1 Å². The molecule has 1 fully saturated rings. The highest BCUT2D eigenvalue weighted by Gasteiger charge is 2.32. The number of aromatic nitrogens is 1. The molecule has 2 aromatic heterocycles. The Morgan fingerprint density at radius 2 is 1.85 bits per heavy atom. The summed E-state index contributed by atoms with van der Waals surface area (Å²) in [6.45, 7) is 0.961. The molecule has 34 heavy (non-hydrogen) atoms. The number of nitrogens with zero attached hydrogens (tertiary/aromatic N) is 2. The highest BCUT2D eigenvalue weighted by Crippen LogP contribution is 2.35. The lowest BCUT2D eigenvalue weighted by atomic mass is 10.1. The number of nitrogens with one attached hydrogen (secondary N) is 1. The van der Waals surface area contributed by atoms with Gasteiger partial charge in [0.15, 0.2) is 0 Å². The standard InChI is InChI=1S/C26H21N3O3S2/c30-24(27-14-18-7-2-1-3-8-18)17-28-15-19(21-10-4-5-11-22(21)28)13-23-25(31)29(26(33)34-23)16-20-9-6-12-32-20/h1-13,15H,14,16-17H2,(H,27,30). The van der Waals surface area contributed by atoms with Gasteiger partial charge < -0.3 is 14.3 Å². The molecule has 1 aliphatic rings. The molecule has 8 heteroatoms. The van der Waals surface area contributed by atoms with Gasteiger partial charge in [0.2, 0.25) is 5.91 Å². The van der Waals surface area contributed by atoms with E-state index in [9.17, 15) is 9.59 Å². The molecule has 0 saturated carbocycles. The highest BCUT2D eigenvalue weighted by atomic mass is 32.2. The average Bonchev–Trinajstić information content (AvgIpc) is 3.55. The number of rotatable bonds is 7. The van der Waals surface area contributed by atoms with Gasteiger partial charge in [0.05, 0.1) is 17.7 Å². The zero-order valence-corrected chi connectivity index (χ0v) is 19.8. The maximum absolute atomic E-state index is 13.0. The Bertz CT molecular complexity index is 1390. The van der Waals surface area contributed by atoms with E-state index in [2.05, 4.69) is 5.32 Å². The summed E-state index contributed by atoms with van der Waals surface area (Å²) in [6, 6.07) is 21.2. The topological polar surface area (TPSA) is 67.5 Å². The first kappa shape index (κ1) is 22.2. The number of carbonyl (C=O) groups is 2. The Hall–Kier alpha value is -3.62. The van der Waals surface area contributed by atoms with Crippen molar-refractivity contribution in [2.45, 2.75) is 19.6 Å². The number of thiocarbonyl (C=S) groups is 1. The molecule has 0 bridgehead atoms. The molecule has 1 N–H and O–H groups in total. The third kappa shape index (κ3) is 4.69. The van der Waals surface area contributed by atoms with Crippen molar-refractivity contribution in [1.29, 1.82) is 0 Å². The summed E-state index contributed by atoms with van der Waals surface area (Å²) >= 11 is 6.71. The molecule has 4 aromatic rings. The molecule has 0 unspecified atom stereocenters. The number of hydrogen-bond acceptors (Lipinski definition) is 5. The van der Waals surface area contributed by atoms with E-state index < -0.39 is 0 Å². The summed E-state index contributed by atoms with van der Waals surface area (Å²) in [4.78, 5) is 27.7. The first-order chi connectivity index (χ1) is 16.6. The summed E-state index contributed by atoms with van der Waals surface area (Å²) in [7, 11) is 0. The van der Waals surface area contributed by atoms with Crippen LogP contribution >= 0.6 is 24.0 Å². The zero-order chi connectivity index (χ0) is 23.5. The largest absolute Gasteiger partial charge is 0.467 e. The minimum Gasteiger partial charge on any atom is -0.467 e. The van der Waals surface area contributed by atoms with Crippen LogP contribution in [0.3, 0.4) is 0 Å². The van der Waals surface area contributed by atoms with Crippen molar-refractivity contribution in [3.8, 4) is 0 Å². The summed E-state index contributed by atoms with van der Waals surface area (Å²) < 4.78 is 7.77. The Balaban J connectivity index is 1.36. The van der Waals surface area contributed by atoms with Gasteiger partial charge in [-0.3, -0.25) is 14.5 Å². The van der Waals surface area contributed by atoms with Crippen molar-refractivity contribution < 1.29 is 14.0 Å². The van der Waals surface area contributed by atoms with E-state index in [1.54, 1.807) is 17.2 Å². The van der Waals surface area contributed by atoms with Gasteiger partial charge in [-0.1, -0.05) is 72.5 Å². The maximum Gasteiger partial charge on any atom is 0.266 e. The lowest BCUT2D eigenvalue weighted by Crippen LogP contribution is -2.27. The fourth-order valence-electron chi connectivity index (χ4n) is 3.86. The van der Waals surface area contributed by atoms with Crippen LogP contribution in [0, 0.1) is 0 Å². The number of amides is 2. The van der Waals surface area contributed by atoms with E-state index in [-0.39, 0.29) is 18.4 Å². The molecule has 0 aliphatic carbocycles. The van der Waals surface area contributed by atoms with Crippen LogP contribution in [0.25, 0.3) is 17.0 Å². The number of thioether (sulfide) groups is 1. The molecule has 2 aromatic carbocycles. The van der Waals surface area contributed by atoms with Crippen molar-refractivity contribution in [1.82, 2.24) is 14.8 Å². The molecule has 0 atom stereocenters. The van der Waals surface area contributed by atoms with Crippen molar-refractivity contribution in [2.24, 2.45) is 0 Å². The van der Waals surface area contributed by atoms with Gasteiger partial charge in [0, 0.05) is 29.2 Å². The van der Waals surface area contributed by atoms with Crippen LogP contribution in [-0.4, -0.2) is 25.6 Å². The van der Waals surface area contributed by atoms with Crippen LogP contribution in [0.15, 0.2) is 88.5 Å². The smallest absolute Gasteiger partial charge is 0.266 e. The van der Waals surface area contributed by atoms with Gasteiger partial charge >= 0.3 is 0 Å². The molecule has 6 nitrogen and oxygen atoms in total. The van der Waals surface area contributed by atoms with Crippen LogP contribution in [0.4, 0.5) is 0 Å². The van der Waals surface area contributed by atoms with Crippen LogP contribution in [-0.2, 0) is 29.2 Å². The third-order valence-electron chi connectivity index (χ3n) is 5.52. The van der Waals surface area contributed by atoms with Crippen LogP contribution in [0.1, 0.15) is 16.9 Å². The van der Waals surface area contributed by atoms with Gasteiger partial charge in [0.1, 0.15) is 16.6 Å². The lowest BCUT2D eigenvalue weighted by molar-refractivity contribution is -0.123. The number of carbonyl (C=O) groups excluding carboxylic acids is 2. The lowest BCUT2D eigenvalue weighted by Gasteiger charge is -2.11. The second-order valence-electron chi connectivity index (χ2n) is 7.84. The molecule has 5 rings (SSSR count). The molecule has 1 aliphatic heterocycles. The van der Waals surface area contributed by atoms with E-state index in [0.717, 1.165) is 22.0 Å². The minimum atomic E-state index is -0.149. The van der Waals surface area contributed by atoms with Gasteiger partial charge in [0.25, 0.3) is 5.91 Å². The molecule has 0 radical (unpaired) electrons. The van der Waals surface area contributed by atoms with E-state index in [1.165, 1.54) is 11.8 Å². The molecular weight excluding hydrogens is 466 g/mol. The molecule has 1 saturated heterocycles. The maximum atomic E-state index is 13.0. The fourth-order valence-corrected chi connectivity index (χ4v) is 5.11. The molecular formula is C26H21N3O3S2. The van der Waals surface area contributed by atoms with E-state index in [1.807, 2.05) is 77.5 Å². The Labute approximate surface area is 206 Å². The highest BCUT2D eigenvalue weighted by molar-refractivity contribution is 8.26. The number of benzene rings is 2. The quantitative estimate of drug-likeness (QED) is 0.295. The number of fused-ring (bicyclic) bond motifs is 1. The van der Waals surface area contributed by atoms with Crippen LogP contribution in [0.5, 0.6) is 0 Å². The second kappa shape index (κ2) is 9.70. The van der Waals surface area contributed by atoms with Gasteiger partial charge in [-0.25, -0.2) is 0 Å². The van der Waals surface area contributed by atoms with Crippen LogP contribution in [0.2, 0.25) is 0 Å². The predicted molar refractivity (Wildman–Crippen MR) is 138 cm³/mol. The number of hydrogen-bond donors (Lipinski definition) is 1. The van der Waals surface area contributed by atoms with Gasteiger partial charge in [-0.2, -0.15) is 0 Å². The predicted octanol–water partition coefficient (Wildman–Crippen LogP) is 4.95. The van der Waals surface area contributed by atoms with Crippen molar-refractivity contribution in [2.75, 3.05) is 0 Å². The minimum absolute atomic E-state index is 0.0825. The average molecular weight is 488 g/mol. The summed E-state index contributed by atoms with van der Waals surface area (Å²) in [5.41, 5.74) is 2.84. The SMILES string of the molecule is O=C(Cn1cc(C=C2SC(=S)N(Cc3ccco3)C2=O)c2ccccc21)NCc1ccccc1. The molecule has 170 valence electrons. The number of para-hydroxylation sites is 1. The summed E-state index contributed by atoms with van der Waals surface area (Å²) in [6.07, 6.45) is 5.33. The third-order valence-corrected chi connectivity index (χ3v) is 6.90. The normalized spacial score (nSPS) is 14.9. The number of furan rings is 1. The summed E-state index contributed by atoms with van der Waals surface area (Å²) in [5, 5.41) is 3.94. The summed E-state index contributed by atoms with van der Waals surface area (Å²) in [5.74, 6) is 0.445. The van der Waals surface area contributed by atoms with Crippen molar-refractivity contribution in [3.05, 3.63) is 101 Å².